The van der Waals surface area contributed by atoms with E-state index in [2.05, 4.69) is 38.2 Å². The minimum Gasteiger partial charge on any atom is -0.756 e. The number of nitrogens with zero attached hydrogens (tertiary/aromatic N) is 1. The summed E-state index contributed by atoms with van der Waals surface area (Å²) in [5.74, 6) is -1.19. The van der Waals surface area contributed by atoms with E-state index in [1.165, 1.54) is 89.5 Å². The average Bonchev–Trinajstić information content (AvgIpc) is 3.14. The van der Waals surface area contributed by atoms with Crippen molar-refractivity contribution in [3.63, 3.8) is 0 Å². The van der Waals surface area contributed by atoms with E-state index >= 15 is 0 Å². The summed E-state index contributed by atoms with van der Waals surface area (Å²) in [5.41, 5.74) is 0. The summed E-state index contributed by atoms with van der Waals surface area (Å²) in [6.45, 7) is 3.91. The quantitative estimate of drug-likeness (QED) is 0.0113. The Morgan fingerprint density at radius 3 is 1.75 bits per heavy atom. The molecule has 0 rings (SSSR count). The van der Waals surface area contributed by atoms with Crippen molar-refractivity contribution in [3.05, 3.63) is 48.6 Å². The van der Waals surface area contributed by atoms with Crippen LogP contribution in [0.4, 0.5) is 0 Å². The van der Waals surface area contributed by atoms with Crippen molar-refractivity contribution in [3.8, 4) is 0 Å². The van der Waals surface area contributed by atoms with E-state index in [-0.39, 0.29) is 44.7 Å². The molecule has 56 heavy (non-hydrogen) atoms. The van der Waals surface area contributed by atoms with Crippen molar-refractivity contribution in [1.29, 1.82) is 0 Å². The molecule has 0 heterocycles. The number of phosphoric acid groups is 1. The third kappa shape index (κ3) is 39.9. The Morgan fingerprint density at radius 2 is 1.14 bits per heavy atom. The van der Waals surface area contributed by atoms with Gasteiger partial charge in [0.15, 0.2) is 11.9 Å². The van der Waals surface area contributed by atoms with Crippen LogP contribution in [0.5, 0.6) is 0 Å². The Labute approximate surface area is 341 Å². The molecule has 0 aromatic carbocycles. The molecular formula is C45H80NO9P. The van der Waals surface area contributed by atoms with Crippen molar-refractivity contribution in [1.82, 2.24) is 0 Å². The predicted molar refractivity (Wildman–Crippen MR) is 227 cm³/mol. The van der Waals surface area contributed by atoms with Gasteiger partial charge in [-0.05, 0) is 44.6 Å². The number of hydrogen-bond donors (Lipinski definition) is 0. The van der Waals surface area contributed by atoms with Gasteiger partial charge in [-0.3, -0.25) is 18.9 Å². The van der Waals surface area contributed by atoms with Crippen LogP contribution >= 0.6 is 7.82 Å². The van der Waals surface area contributed by atoms with Crippen molar-refractivity contribution >= 4 is 25.5 Å². The molecule has 2 atom stereocenters. The number of ether oxygens (including phenoxy) is 2. The number of ketones is 1. The summed E-state index contributed by atoms with van der Waals surface area (Å²) < 4.78 is 33.6. The van der Waals surface area contributed by atoms with Gasteiger partial charge in [-0.2, -0.15) is 0 Å². The fourth-order valence-electron chi connectivity index (χ4n) is 5.61. The standard InChI is InChI=1S/C45H80NO9P/c1-6-8-10-12-14-16-18-20-22-24-26-28-30-32-36-45(49)55-43(41-54-56(50,51)53-39-38-46(3,4)5)40-52-44(48)37-33-35-42(47)34-31-29-27-25-23-21-19-17-15-13-11-9-7-2/h15,17,21,23,27,29,31,34,43H,6-14,16,18-20,22,24-26,28,30,32-33,35-41H2,1-5H3/b17-15-,23-21-,29-27-,34-31+/t43-/m1/s1. The highest BCUT2D eigenvalue weighted by Gasteiger charge is 2.21. The van der Waals surface area contributed by atoms with Gasteiger partial charge < -0.3 is 27.9 Å². The Bertz CT molecular complexity index is 1160. The van der Waals surface area contributed by atoms with Gasteiger partial charge in [0.1, 0.15) is 19.8 Å². The minimum atomic E-state index is -4.68. The fourth-order valence-corrected chi connectivity index (χ4v) is 6.34. The number of likely N-dealkylation sites (N-methyl/N-ethyl adjacent to an activating group) is 1. The van der Waals surface area contributed by atoms with Crippen molar-refractivity contribution in [2.24, 2.45) is 0 Å². The lowest BCUT2D eigenvalue weighted by Crippen LogP contribution is -2.37. The van der Waals surface area contributed by atoms with Crippen molar-refractivity contribution in [2.45, 2.75) is 174 Å². The lowest BCUT2D eigenvalue weighted by Gasteiger charge is -2.28. The van der Waals surface area contributed by atoms with E-state index in [9.17, 15) is 23.8 Å². The van der Waals surface area contributed by atoms with Crippen molar-refractivity contribution < 1.29 is 46.8 Å². The topological polar surface area (TPSA) is 128 Å². The molecule has 0 amide bonds. The highest BCUT2D eigenvalue weighted by atomic mass is 31.2. The Hall–Kier alpha value is -2.36. The second kappa shape index (κ2) is 36.9. The average molecular weight is 810 g/mol. The Kier molecular flexibility index (Phi) is 35.4. The summed E-state index contributed by atoms with van der Waals surface area (Å²) in [7, 11) is 1.04. The number of hydrogen-bond acceptors (Lipinski definition) is 9. The van der Waals surface area contributed by atoms with Crippen LogP contribution in [0.1, 0.15) is 168 Å². The normalized spacial score (nSPS) is 14.0. The van der Waals surface area contributed by atoms with Crippen LogP contribution in [-0.4, -0.2) is 75.8 Å². The number of unbranched alkanes of at least 4 members (excludes halogenated alkanes) is 16. The van der Waals surface area contributed by atoms with Crippen LogP contribution in [0.15, 0.2) is 48.6 Å². The zero-order chi connectivity index (χ0) is 41.6. The molecule has 0 fully saturated rings. The maximum absolute atomic E-state index is 12.7. The first-order valence-corrected chi connectivity index (χ1v) is 23.3. The lowest BCUT2D eigenvalue weighted by atomic mass is 10.0. The van der Waals surface area contributed by atoms with Crippen LogP contribution in [0.2, 0.25) is 0 Å². The summed E-state index contributed by atoms with van der Waals surface area (Å²) in [4.78, 5) is 49.7. The first kappa shape index (κ1) is 53.6. The molecule has 0 saturated heterocycles. The number of rotatable bonds is 39. The summed E-state index contributed by atoms with van der Waals surface area (Å²) in [6, 6.07) is 0. The summed E-state index contributed by atoms with van der Waals surface area (Å²) in [5, 5.41) is 0. The van der Waals surface area contributed by atoms with Crippen LogP contribution in [0.25, 0.3) is 0 Å². The summed E-state index contributed by atoms with van der Waals surface area (Å²) >= 11 is 0. The lowest BCUT2D eigenvalue weighted by molar-refractivity contribution is -0.870. The van der Waals surface area contributed by atoms with Gasteiger partial charge >= 0.3 is 11.9 Å². The molecule has 0 radical (unpaired) electrons. The van der Waals surface area contributed by atoms with Crippen LogP contribution < -0.4 is 4.89 Å². The van der Waals surface area contributed by atoms with E-state index in [4.69, 9.17) is 18.5 Å². The Balaban J connectivity index is 4.56. The maximum Gasteiger partial charge on any atom is 0.306 e. The molecule has 11 heteroatoms. The number of phosphoric ester groups is 1. The first-order valence-electron chi connectivity index (χ1n) is 21.8. The molecule has 0 spiro atoms. The van der Waals surface area contributed by atoms with Crippen LogP contribution in [0.3, 0.4) is 0 Å². The number of quaternary nitrogens is 1. The van der Waals surface area contributed by atoms with Crippen LogP contribution in [0, 0.1) is 0 Å². The van der Waals surface area contributed by atoms with E-state index in [0.29, 0.717) is 17.4 Å². The van der Waals surface area contributed by atoms with Gasteiger partial charge in [-0.1, -0.05) is 153 Å². The second-order valence-electron chi connectivity index (χ2n) is 15.7. The maximum atomic E-state index is 12.7. The minimum absolute atomic E-state index is 0.0119. The van der Waals surface area contributed by atoms with Gasteiger partial charge in [0.25, 0.3) is 7.82 Å². The molecule has 0 aliphatic rings. The molecule has 0 aromatic heterocycles. The van der Waals surface area contributed by atoms with Gasteiger partial charge in [-0.25, -0.2) is 0 Å². The number of carbonyl (C=O) groups is 3. The highest BCUT2D eigenvalue weighted by Crippen LogP contribution is 2.38. The zero-order valence-electron chi connectivity index (χ0n) is 36.1. The second-order valence-corrected chi connectivity index (χ2v) is 17.2. The molecule has 324 valence electrons. The molecule has 0 aliphatic heterocycles. The largest absolute Gasteiger partial charge is 0.756 e. The monoisotopic (exact) mass is 810 g/mol. The Morgan fingerprint density at radius 1 is 0.607 bits per heavy atom. The SMILES string of the molecule is CCCCC/C=C\C/C=C\C/C=C\C=C\C(=O)CCCC(=O)OC[C@H](COP(=O)([O-])OCC[N+](C)(C)C)OC(=O)CCCCCCCCCCCCCCCC. The third-order valence-electron chi connectivity index (χ3n) is 9.08. The van der Waals surface area contributed by atoms with Crippen molar-refractivity contribution in [2.75, 3.05) is 47.5 Å². The summed E-state index contributed by atoms with van der Waals surface area (Å²) in [6.07, 6.45) is 38.5. The number of carbonyl (C=O) groups excluding carboxylic acids is 3. The predicted octanol–water partition coefficient (Wildman–Crippen LogP) is 10.8. The number of allylic oxidation sites excluding steroid dienone is 8. The molecule has 0 bridgehead atoms. The van der Waals surface area contributed by atoms with Gasteiger partial charge in [0.05, 0.1) is 27.7 Å². The molecular weight excluding hydrogens is 729 g/mol. The third-order valence-corrected chi connectivity index (χ3v) is 10.0. The van der Waals surface area contributed by atoms with E-state index in [1.807, 2.05) is 33.3 Å². The van der Waals surface area contributed by atoms with E-state index in [0.717, 1.165) is 38.5 Å². The molecule has 0 N–H and O–H groups in total. The highest BCUT2D eigenvalue weighted by molar-refractivity contribution is 7.45. The molecule has 10 nitrogen and oxygen atoms in total. The molecule has 0 aromatic rings. The van der Waals surface area contributed by atoms with E-state index in [1.54, 1.807) is 6.08 Å². The smallest absolute Gasteiger partial charge is 0.306 e. The van der Waals surface area contributed by atoms with Gasteiger partial charge in [0, 0.05) is 19.3 Å². The fraction of sp³-hybridized carbons (Fsp3) is 0.756. The van der Waals surface area contributed by atoms with Crippen LogP contribution in [-0.2, 0) is 37.5 Å². The zero-order valence-corrected chi connectivity index (χ0v) is 37.0. The van der Waals surface area contributed by atoms with E-state index < -0.39 is 32.5 Å². The number of esters is 2. The molecule has 0 saturated carbocycles. The van der Waals surface area contributed by atoms with Gasteiger partial charge in [0.2, 0.25) is 0 Å². The van der Waals surface area contributed by atoms with Gasteiger partial charge in [-0.15, -0.1) is 0 Å². The molecule has 0 aliphatic carbocycles. The first-order chi connectivity index (χ1) is 26.9. The molecule has 1 unspecified atom stereocenters.